The number of nitrogens with two attached hydrogens (primary N) is 1. The minimum atomic E-state index is -3.00. The van der Waals surface area contributed by atoms with Gasteiger partial charge in [0.25, 0.3) is 0 Å². The Hall–Kier alpha value is -0.570. The molecule has 0 aromatic rings. The maximum atomic E-state index is 11.7. The molecule has 0 aromatic heterocycles. The fourth-order valence-electron chi connectivity index (χ4n) is 1.86. The number of rotatable bonds is 3. The van der Waals surface area contributed by atoms with Gasteiger partial charge in [0.2, 0.25) is 0 Å². The average Bonchev–Trinajstić information content (AvgIpc) is 2.14. The molecule has 1 fully saturated rings. The van der Waals surface area contributed by atoms with E-state index in [-0.39, 0.29) is 11.8 Å². The summed E-state index contributed by atoms with van der Waals surface area (Å²) in [5.74, 6) is 8.01. The first kappa shape index (κ1) is 11.5. The van der Waals surface area contributed by atoms with Crippen LogP contribution in [0.25, 0.3) is 0 Å². The molecule has 3 N–H and O–H groups in total. The summed E-state index contributed by atoms with van der Waals surface area (Å²) >= 11 is 0. The van der Waals surface area contributed by atoms with Crippen molar-refractivity contribution in [3.63, 3.8) is 0 Å². The predicted molar refractivity (Wildman–Crippen MR) is 56.0 cm³/mol. The molecule has 1 aliphatic rings. The van der Waals surface area contributed by atoms with Crippen LogP contribution in [-0.2, 0) is 9.84 Å². The van der Waals surface area contributed by atoms with Gasteiger partial charge in [-0.15, -0.1) is 12.3 Å². The van der Waals surface area contributed by atoms with Crippen molar-refractivity contribution in [2.75, 3.05) is 5.75 Å². The number of nitrogens with one attached hydrogen (secondary N) is 1. The van der Waals surface area contributed by atoms with Gasteiger partial charge in [-0.2, -0.15) is 0 Å². The van der Waals surface area contributed by atoms with Gasteiger partial charge in [0.15, 0.2) is 9.84 Å². The molecule has 2 unspecified atom stereocenters. The Morgan fingerprint density at radius 3 is 2.79 bits per heavy atom. The zero-order valence-corrected chi connectivity index (χ0v) is 8.89. The molecule has 0 aliphatic carbocycles. The van der Waals surface area contributed by atoms with E-state index in [1.807, 2.05) is 0 Å². The monoisotopic (exact) mass is 216 g/mol. The van der Waals surface area contributed by atoms with Crippen LogP contribution in [0.5, 0.6) is 0 Å². The maximum Gasteiger partial charge on any atom is 0.154 e. The largest absolute Gasteiger partial charge is 0.271 e. The molecule has 4 nitrogen and oxygen atoms in total. The molecule has 1 heterocycles. The van der Waals surface area contributed by atoms with Crippen molar-refractivity contribution in [1.29, 1.82) is 0 Å². The molecule has 0 bridgehead atoms. The summed E-state index contributed by atoms with van der Waals surface area (Å²) in [5, 5.41) is -0.405. The van der Waals surface area contributed by atoms with Gasteiger partial charge in [-0.25, -0.2) is 8.42 Å². The van der Waals surface area contributed by atoms with Crippen molar-refractivity contribution < 1.29 is 8.42 Å². The topological polar surface area (TPSA) is 72.2 Å². The lowest BCUT2D eigenvalue weighted by atomic mass is 10.1. The second-order valence-corrected chi connectivity index (χ2v) is 5.92. The number of terminal acetylenes is 1. The first-order chi connectivity index (χ1) is 6.61. The standard InChI is InChI=1S/C9H16N2O2S/c1-2-5-8(11-10)9-6-3-4-7-14(9,12)13/h1,8-9,11H,3-7,10H2. The fourth-order valence-corrected chi connectivity index (χ4v) is 3.97. The van der Waals surface area contributed by atoms with Gasteiger partial charge >= 0.3 is 0 Å². The predicted octanol–water partition coefficient (Wildman–Crippen LogP) is -0.191. The molecule has 1 saturated heterocycles. The van der Waals surface area contributed by atoms with E-state index in [2.05, 4.69) is 11.3 Å². The Kier molecular flexibility index (Phi) is 3.93. The highest BCUT2D eigenvalue weighted by Gasteiger charge is 2.34. The summed E-state index contributed by atoms with van der Waals surface area (Å²) in [6, 6.07) is -0.301. The van der Waals surface area contributed by atoms with Gasteiger partial charge < -0.3 is 0 Å². The highest BCUT2D eigenvalue weighted by atomic mass is 32.2. The Morgan fingerprint density at radius 1 is 1.57 bits per heavy atom. The Bertz CT molecular complexity index is 318. The van der Waals surface area contributed by atoms with E-state index in [0.717, 1.165) is 12.8 Å². The third-order valence-corrected chi connectivity index (χ3v) is 4.97. The van der Waals surface area contributed by atoms with E-state index in [9.17, 15) is 8.42 Å². The van der Waals surface area contributed by atoms with E-state index in [0.29, 0.717) is 12.8 Å². The van der Waals surface area contributed by atoms with Gasteiger partial charge in [-0.3, -0.25) is 11.3 Å². The second-order valence-electron chi connectivity index (χ2n) is 3.58. The van der Waals surface area contributed by atoms with Crippen LogP contribution in [0, 0.1) is 12.3 Å². The van der Waals surface area contributed by atoms with E-state index in [1.54, 1.807) is 0 Å². The highest BCUT2D eigenvalue weighted by molar-refractivity contribution is 7.92. The molecule has 0 saturated carbocycles. The van der Waals surface area contributed by atoms with Crippen LogP contribution in [-0.4, -0.2) is 25.5 Å². The first-order valence-corrected chi connectivity index (χ1v) is 6.44. The zero-order valence-electron chi connectivity index (χ0n) is 8.07. The summed E-state index contributed by atoms with van der Waals surface area (Å²) < 4.78 is 23.4. The Balaban J connectivity index is 2.78. The summed E-state index contributed by atoms with van der Waals surface area (Å²) in [6.07, 6.45) is 7.88. The quantitative estimate of drug-likeness (QED) is 0.389. The maximum absolute atomic E-state index is 11.7. The summed E-state index contributed by atoms with van der Waals surface area (Å²) in [5.41, 5.74) is 2.51. The molecule has 0 aromatic carbocycles. The Morgan fingerprint density at radius 2 is 2.29 bits per heavy atom. The minimum absolute atomic E-state index is 0.264. The van der Waals surface area contributed by atoms with Gasteiger partial charge in [0.05, 0.1) is 11.0 Å². The number of hydrogen-bond donors (Lipinski definition) is 2. The SMILES string of the molecule is C#CCC(NN)C1CCCCS1(=O)=O. The van der Waals surface area contributed by atoms with Crippen LogP contribution < -0.4 is 11.3 Å². The first-order valence-electron chi connectivity index (χ1n) is 4.73. The van der Waals surface area contributed by atoms with Gasteiger partial charge in [0, 0.05) is 12.5 Å². The lowest BCUT2D eigenvalue weighted by molar-refractivity contribution is 0.448. The molecule has 0 radical (unpaired) electrons. The zero-order chi connectivity index (χ0) is 10.6. The smallest absolute Gasteiger partial charge is 0.154 e. The van der Waals surface area contributed by atoms with Crippen molar-refractivity contribution >= 4 is 9.84 Å². The summed E-state index contributed by atoms with van der Waals surface area (Å²) in [6.45, 7) is 0. The van der Waals surface area contributed by atoms with Crippen molar-refractivity contribution in [2.24, 2.45) is 5.84 Å². The molecule has 5 heteroatoms. The Labute approximate surface area is 85.1 Å². The molecule has 1 rings (SSSR count). The van der Waals surface area contributed by atoms with E-state index in [4.69, 9.17) is 12.3 Å². The molecule has 0 spiro atoms. The molecule has 2 atom stereocenters. The lowest BCUT2D eigenvalue weighted by Gasteiger charge is -2.28. The van der Waals surface area contributed by atoms with Gasteiger partial charge in [-0.1, -0.05) is 6.42 Å². The average molecular weight is 216 g/mol. The number of sulfone groups is 1. The van der Waals surface area contributed by atoms with E-state index in [1.165, 1.54) is 0 Å². The fraction of sp³-hybridized carbons (Fsp3) is 0.778. The van der Waals surface area contributed by atoms with E-state index >= 15 is 0 Å². The van der Waals surface area contributed by atoms with Crippen LogP contribution in [0.2, 0.25) is 0 Å². The molecule has 80 valence electrons. The highest BCUT2D eigenvalue weighted by Crippen LogP contribution is 2.23. The molecule has 1 aliphatic heterocycles. The van der Waals surface area contributed by atoms with Crippen LogP contribution in [0.4, 0.5) is 0 Å². The third kappa shape index (κ3) is 2.47. The van der Waals surface area contributed by atoms with Crippen molar-refractivity contribution in [3.05, 3.63) is 0 Å². The molecular weight excluding hydrogens is 200 g/mol. The van der Waals surface area contributed by atoms with Gasteiger partial charge in [-0.05, 0) is 12.8 Å². The third-order valence-electron chi connectivity index (χ3n) is 2.63. The van der Waals surface area contributed by atoms with Gasteiger partial charge in [0.1, 0.15) is 0 Å². The molecule has 0 amide bonds. The second kappa shape index (κ2) is 4.78. The number of hydrazine groups is 1. The summed E-state index contributed by atoms with van der Waals surface area (Å²) in [4.78, 5) is 0. The number of hydrogen-bond acceptors (Lipinski definition) is 4. The van der Waals surface area contributed by atoms with Crippen molar-refractivity contribution in [2.45, 2.75) is 37.0 Å². The van der Waals surface area contributed by atoms with Crippen LogP contribution >= 0.6 is 0 Å². The summed E-state index contributed by atoms with van der Waals surface area (Å²) in [7, 11) is -3.00. The lowest BCUT2D eigenvalue weighted by Crippen LogP contribution is -2.49. The van der Waals surface area contributed by atoms with Crippen LogP contribution in [0.1, 0.15) is 25.7 Å². The van der Waals surface area contributed by atoms with Crippen molar-refractivity contribution in [1.82, 2.24) is 5.43 Å². The van der Waals surface area contributed by atoms with Crippen LogP contribution in [0.3, 0.4) is 0 Å². The van der Waals surface area contributed by atoms with Crippen LogP contribution in [0.15, 0.2) is 0 Å². The molecular formula is C9H16N2O2S. The molecule has 14 heavy (non-hydrogen) atoms. The normalized spacial score (nSPS) is 27.9. The minimum Gasteiger partial charge on any atom is -0.271 e. The van der Waals surface area contributed by atoms with E-state index < -0.39 is 15.1 Å². The van der Waals surface area contributed by atoms with Crippen molar-refractivity contribution in [3.8, 4) is 12.3 Å².